The summed E-state index contributed by atoms with van der Waals surface area (Å²) in [5, 5.41) is 3.58. The third-order valence-electron chi connectivity index (χ3n) is 3.81. The fraction of sp³-hybridized carbons (Fsp3) is 1.00. The molecule has 1 aliphatic rings. The number of rotatable bonds is 6. The SMILES string of the molecule is CCCCNCC(C)N1CCCN(C)CC1C. The van der Waals surface area contributed by atoms with Crippen molar-refractivity contribution in [1.82, 2.24) is 15.1 Å². The maximum Gasteiger partial charge on any atom is 0.0198 e. The zero-order valence-electron chi connectivity index (χ0n) is 12.2. The highest BCUT2D eigenvalue weighted by atomic mass is 15.3. The van der Waals surface area contributed by atoms with Crippen LogP contribution in [0.15, 0.2) is 0 Å². The summed E-state index contributed by atoms with van der Waals surface area (Å²) in [6.07, 6.45) is 3.89. The molecule has 2 atom stereocenters. The number of hydrogen-bond donors (Lipinski definition) is 1. The molecule has 0 aliphatic carbocycles. The molecule has 2 unspecified atom stereocenters. The maximum atomic E-state index is 3.58. The Morgan fingerprint density at radius 3 is 2.82 bits per heavy atom. The van der Waals surface area contributed by atoms with Crippen LogP contribution in [-0.2, 0) is 0 Å². The fourth-order valence-electron chi connectivity index (χ4n) is 2.78. The van der Waals surface area contributed by atoms with Crippen molar-refractivity contribution in [3.63, 3.8) is 0 Å². The summed E-state index contributed by atoms with van der Waals surface area (Å²) in [6, 6.07) is 1.35. The first-order chi connectivity index (χ1) is 8.15. The first-order valence-electron chi connectivity index (χ1n) is 7.30. The molecule has 1 saturated heterocycles. The molecule has 0 bridgehead atoms. The van der Waals surface area contributed by atoms with Crippen molar-refractivity contribution in [2.45, 2.75) is 52.1 Å². The molecule has 0 aromatic carbocycles. The quantitative estimate of drug-likeness (QED) is 0.715. The van der Waals surface area contributed by atoms with E-state index in [2.05, 4.69) is 42.9 Å². The molecule has 0 radical (unpaired) electrons. The molecule has 1 N–H and O–H groups in total. The van der Waals surface area contributed by atoms with Gasteiger partial charge in [0.15, 0.2) is 0 Å². The van der Waals surface area contributed by atoms with Crippen LogP contribution in [0.5, 0.6) is 0 Å². The number of nitrogens with one attached hydrogen (secondary N) is 1. The average Bonchev–Trinajstić information content (AvgIpc) is 2.45. The normalized spacial score (nSPS) is 25.8. The lowest BCUT2D eigenvalue weighted by molar-refractivity contribution is 0.150. The minimum atomic E-state index is 0.661. The summed E-state index contributed by atoms with van der Waals surface area (Å²) >= 11 is 0. The lowest BCUT2D eigenvalue weighted by atomic mass is 10.2. The van der Waals surface area contributed by atoms with Crippen LogP contribution in [-0.4, -0.2) is 61.7 Å². The van der Waals surface area contributed by atoms with Gasteiger partial charge in [0.2, 0.25) is 0 Å². The van der Waals surface area contributed by atoms with Gasteiger partial charge >= 0.3 is 0 Å². The van der Waals surface area contributed by atoms with E-state index in [1.165, 1.54) is 45.4 Å². The van der Waals surface area contributed by atoms with E-state index in [0.717, 1.165) is 6.54 Å². The van der Waals surface area contributed by atoms with Gasteiger partial charge in [-0.05, 0) is 46.8 Å². The maximum absolute atomic E-state index is 3.58. The molecule has 1 rings (SSSR count). The highest BCUT2D eigenvalue weighted by molar-refractivity contribution is 4.80. The van der Waals surface area contributed by atoms with Gasteiger partial charge in [0, 0.05) is 31.7 Å². The first-order valence-corrected chi connectivity index (χ1v) is 7.30. The van der Waals surface area contributed by atoms with Crippen molar-refractivity contribution in [3.8, 4) is 0 Å². The van der Waals surface area contributed by atoms with Gasteiger partial charge in [-0.1, -0.05) is 13.3 Å². The number of nitrogens with zero attached hydrogens (tertiary/aromatic N) is 2. The van der Waals surface area contributed by atoms with Gasteiger partial charge in [-0.3, -0.25) is 4.90 Å². The molecule has 0 aromatic rings. The van der Waals surface area contributed by atoms with E-state index in [4.69, 9.17) is 0 Å². The molecule has 0 spiro atoms. The smallest absolute Gasteiger partial charge is 0.0198 e. The molecular formula is C14H31N3. The Hall–Kier alpha value is -0.120. The molecular weight excluding hydrogens is 210 g/mol. The second kappa shape index (κ2) is 8.06. The summed E-state index contributed by atoms with van der Waals surface area (Å²) in [6.45, 7) is 13.0. The predicted molar refractivity (Wildman–Crippen MR) is 75.5 cm³/mol. The van der Waals surface area contributed by atoms with Gasteiger partial charge < -0.3 is 10.2 Å². The van der Waals surface area contributed by atoms with Crippen molar-refractivity contribution in [1.29, 1.82) is 0 Å². The number of likely N-dealkylation sites (N-methyl/N-ethyl adjacent to an activating group) is 1. The highest BCUT2D eigenvalue weighted by Crippen LogP contribution is 2.11. The van der Waals surface area contributed by atoms with Crippen molar-refractivity contribution in [2.24, 2.45) is 0 Å². The Balaban J connectivity index is 2.30. The van der Waals surface area contributed by atoms with E-state index < -0.39 is 0 Å². The third-order valence-corrected chi connectivity index (χ3v) is 3.81. The van der Waals surface area contributed by atoms with Gasteiger partial charge in [-0.25, -0.2) is 0 Å². The van der Waals surface area contributed by atoms with Crippen LogP contribution >= 0.6 is 0 Å². The summed E-state index contributed by atoms with van der Waals surface area (Å²) in [7, 11) is 2.24. The van der Waals surface area contributed by atoms with Crippen LogP contribution in [0, 0.1) is 0 Å². The van der Waals surface area contributed by atoms with E-state index in [-0.39, 0.29) is 0 Å². The van der Waals surface area contributed by atoms with Gasteiger partial charge in [0.1, 0.15) is 0 Å². The minimum absolute atomic E-state index is 0.661. The molecule has 17 heavy (non-hydrogen) atoms. The van der Waals surface area contributed by atoms with Crippen molar-refractivity contribution in [3.05, 3.63) is 0 Å². The van der Waals surface area contributed by atoms with Crippen LogP contribution in [0.1, 0.15) is 40.0 Å². The average molecular weight is 241 g/mol. The largest absolute Gasteiger partial charge is 0.315 e. The van der Waals surface area contributed by atoms with Crippen LogP contribution in [0.25, 0.3) is 0 Å². The Kier molecular flexibility index (Phi) is 7.09. The highest BCUT2D eigenvalue weighted by Gasteiger charge is 2.23. The Bertz CT molecular complexity index is 196. The predicted octanol–water partition coefficient (Wildman–Crippen LogP) is 1.79. The summed E-state index contributed by atoms with van der Waals surface area (Å²) < 4.78 is 0. The van der Waals surface area contributed by atoms with Gasteiger partial charge in [0.25, 0.3) is 0 Å². The van der Waals surface area contributed by atoms with Crippen molar-refractivity contribution < 1.29 is 0 Å². The molecule has 3 heteroatoms. The van der Waals surface area contributed by atoms with Gasteiger partial charge in [-0.15, -0.1) is 0 Å². The fourth-order valence-corrected chi connectivity index (χ4v) is 2.78. The second-order valence-corrected chi connectivity index (χ2v) is 5.61. The van der Waals surface area contributed by atoms with E-state index >= 15 is 0 Å². The van der Waals surface area contributed by atoms with Crippen molar-refractivity contribution in [2.75, 3.05) is 39.8 Å². The van der Waals surface area contributed by atoms with Gasteiger partial charge in [0.05, 0.1) is 0 Å². The van der Waals surface area contributed by atoms with Crippen LogP contribution in [0.2, 0.25) is 0 Å². The Morgan fingerprint density at radius 1 is 1.35 bits per heavy atom. The van der Waals surface area contributed by atoms with E-state index in [9.17, 15) is 0 Å². The molecule has 0 amide bonds. The zero-order chi connectivity index (χ0) is 12.7. The monoisotopic (exact) mass is 241 g/mol. The molecule has 1 fully saturated rings. The Labute approximate surface area is 108 Å². The molecule has 102 valence electrons. The van der Waals surface area contributed by atoms with Crippen molar-refractivity contribution >= 4 is 0 Å². The van der Waals surface area contributed by atoms with Gasteiger partial charge in [-0.2, -0.15) is 0 Å². The summed E-state index contributed by atoms with van der Waals surface area (Å²) in [5.74, 6) is 0. The molecule has 1 aliphatic heterocycles. The van der Waals surface area contributed by atoms with E-state index in [1.54, 1.807) is 0 Å². The molecule has 0 saturated carbocycles. The molecule has 1 heterocycles. The van der Waals surface area contributed by atoms with E-state index in [0.29, 0.717) is 12.1 Å². The minimum Gasteiger partial charge on any atom is -0.315 e. The second-order valence-electron chi connectivity index (χ2n) is 5.61. The lowest BCUT2D eigenvalue weighted by Gasteiger charge is -2.33. The third kappa shape index (κ3) is 5.36. The van der Waals surface area contributed by atoms with Crippen LogP contribution in [0.3, 0.4) is 0 Å². The lowest BCUT2D eigenvalue weighted by Crippen LogP contribution is -2.47. The summed E-state index contributed by atoms with van der Waals surface area (Å²) in [4.78, 5) is 5.13. The Morgan fingerprint density at radius 2 is 2.12 bits per heavy atom. The zero-order valence-corrected chi connectivity index (χ0v) is 12.2. The standard InChI is InChI=1S/C14H31N3/c1-5-6-8-15-11-13(2)17-10-7-9-16(4)12-14(17)3/h13-15H,5-12H2,1-4H3. The summed E-state index contributed by atoms with van der Waals surface area (Å²) in [5.41, 5.74) is 0. The number of unbranched alkanes of at least 4 members (excludes halogenated alkanes) is 1. The molecule has 0 aromatic heterocycles. The van der Waals surface area contributed by atoms with Crippen LogP contribution < -0.4 is 5.32 Å². The molecule has 3 nitrogen and oxygen atoms in total. The first kappa shape index (κ1) is 14.9. The number of hydrogen-bond acceptors (Lipinski definition) is 3. The van der Waals surface area contributed by atoms with E-state index in [1.807, 2.05) is 0 Å². The topological polar surface area (TPSA) is 18.5 Å². The van der Waals surface area contributed by atoms with Crippen LogP contribution in [0.4, 0.5) is 0 Å².